The Kier molecular flexibility index (Phi) is 6.06. The summed E-state index contributed by atoms with van der Waals surface area (Å²) in [5, 5.41) is 2.23. The third kappa shape index (κ3) is 4.23. The molecule has 2 heterocycles. The predicted octanol–water partition coefficient (Wildman–Crippen LogP) is 3.35. The maximum absolute atomic E-state index is 13.8. The van der Waals surface area contributed by atoms with Crippen LogP contribution in [-0.2, 0) is 20.9 Å². The third-order valence-electron chi connectivity index (χ3n) is 5.61. The van der Waals surface area contributed by atoms with Gasteiger partial charge in [-0.2, -0.15) is 13.2 Å². The summed E-state index contributed by atoms with van der Waals surface area (Å²) in [4.78, 5) is 26.6. The molecule has 182 valence electrons. The van der Waals surface area contributed by atoms with Crippen LogP contribution >= 0.6 is 0 Å². The van der Waals surface area contributed by atoms with Gasteiger partial charge in [0.05, 0.1) is 30.0 Å². The first kappa shape index (κ1) is 24.0. The molecule has 0 unspecified atom stereocenters. The number of nitrogens with zero attached hydrogens (tertiary/aromatic N) is 2. The van der Waals surface area contributed by atoms with Crippen LogP contribution in [0.15, 0.2) is 41.3 Å². The van der Waals surface area contributed by atoms with E-state index in [4.69, 9.17) is 4.74 Å². The van der Waals surface area contributed by atoms with Gasteiger partial charge in [-0.1, -0.05) is 0 Å². The monoisotopic (exact) mass is 497 g/mol. The molecule has 1 N–H and O–H groups in total. The lowest BCUT2D eigenvalue weighted by atomic mass is 10.1. The first-order valence-electron chi connectivity index (χ1n) is 10.5. The number of anilines is 2. The van der Waals surface area contributed by atoms with E-state index < -0.39 is 45.3 Å². The molecule has 2 aliphatic rings. The first-order valence-corrected chi connectivity index (χ1v) is 11.9. The van der Waals surface area contributed by atoms with Crippen molar-refractivity contribution in [2.75, 3.05) is 36.5 Å². The fourth-order valence-corrected chi connectivity index (χ4v) is 5.78. The summed E-state index contributed by atoms with van der Waals surface area (Å²) in [5.41, 5.74) is -1.41. The highest BCUT2D eigenvalue weighted by Gasteiger charge is 2.43. The van der Waals surface area contributed by atoms with E-state index in [-0.39, 0.29) is 16.0 Å². The van der Waals surface area contributed by atoms with Gasteiger partial charge in [-0.05, 0) is 50.2 Å². The average Bonchev–Trinajstić information content (AvgIpc) is 2.98. The zero-order chi connectivity index (χ0) is 24.8. The van der Waals surface area contributed by atoms with Crippen molar-refractivity contribution in [2.24, 2.45) is 0 Å². The molecule has 2 aromatic carbocycles. The molecule has 34 heavy (non-hydrogen) atoms. The number of hydrogen-bond donors (Lipinski definition) is 1. The summed E-state index contributed by atoms with van der Waals surface area (Å²) in [6.07, 6.45) is -4.74. The molecule has 12 heteroatoms. The smallest absolute Gasteiger partial charge is 0.378 e. The quantitative estimate of drug-likeness (QED) is 0.696. The molecule has 1 saturated heterocycles. The van der Waals surface area contributed by atoms with Crippen LogP contribution in [0.25, 0.3) is 0 Å². The summed E-state index contributed by atoms with van der Waals surface area (Å²) in [7, 11) is -4.17. The number of benzene rings is 2. The molecule has 0 spiro atoms. The molecule has 0 bridgehead atoms. The molecule has 0 aliphatic carbocycles. The number of morpholine rings is 1. The number of halogens is 3. The zero-order valence-corrected chi connectivity index (χ0v) is 19.2. The number of ether oxygens (including phenoxy) is 1. The van der Waals surface area contributed by atoms with E-state index in [1.165, 1.54) is 38.1 Å². The van der Waals surface area contributed by atoms with Gasteiger partial charge >= 0.3 is 6.18 Å². The number of carbonyl (C=O) groups excluding carboxylic acids is 2. The van der Waals surface area contributed by atoms with E-state index in [2.05, 4.69) is 5.32 Å². The van der Waals surface area contributed by atoms with Gasteiger partial charge in [-0.25, -0.2) is 12.7 Å². The molecule has 1 fully saturated rings. The lowest BCUT2D eigenvalue weighted by molar-refractivity contribution is -0.136. The van der Waals surface area contributed by atoms with Crippen LogP contribution in [0, 0.1) is 0 Å². The van der Waals surface area contributed by atoms with Gasteiger partial charge in [0.1, 0.15) is 4.90 Å². The normalized spacial score (nSPS) is 17.8. The number of fused-ring (bicyclic) bond motifs is 1. The summed E-state index contributed by atoms with van der Waals surface area (Å²) < 4.78 is 72.8. The summed E-state index contributed by atoms with van der Waals surface area (Å²) in [6, 6.07) is 6.38. The van der Waals surface area contributed by atoms with Gasteiger partial charge in [0.2, 0.25) is 0 Å². The first-order chi connectivity index (χ1) is 15.9. The highest BCUT2D eigenvalue weighted by Crippen LogP contribution is 2.38. The van der Waals surface area contributed by atoms with E-state index in [0.717, 1.165) is 12.1 Å². The fourth-order valence-electron chi connectivity index (χ4n) is 3.99. The molecule has 0 radical (unpaired) electrons. The van der Waals surface area contributed by atoms with Crippen molar-refractivity contribution in [3.8, 4) is 0 Å². The Morgan fingerprint density at radius 3 is 2.38 bits per heavy atom. The second kappa shape index (κ2) is 8.58. The van der Waals surface area contributed by atoms with Gasteiger partial charge in [-0.15, -0.1) is 0 Å². The zero-order valence-electron chi connectivity index (χ0n) is 18.3. The number of rotatable bonds is 4. The van der Waals surface area contributed by atoms with Gasteiger partial charge in [0.15, 0.2) is 0 Å². The second-order valence-corrected chi connectivity index (χ2v) is 9.98. The highest BCUT2D eigenvalue weighted by atomic mass is 32.2. The van der Waals surface area contributed by atoms with Gasteiger partial charge in [-0.3, -0.25) is 9.59 Å². The van der Waals surface area contributed by atoms with E-state index >= 15 is 0 Å². The third-order valence-corrected chi connectivity index (χ3v) is 7.61. The summed E-state index contributed by atoms with van der Waals surface area (Å²) >= 11 is 0. The van der Waals surface area contributed by atoms with E-state index in [1.54, 1.807) is 4.90 Å². The Morgan fingerprint density at radius 1 is 1.09 bits per heavy atom. The van der Waals surface area contributed by atoms with E-state index in [9.17, 15) is 31.2 Å². The van der Waals surface area contributed by atoms with Crippen molar-refractivity contribution in [1.82, 2.24) is 4.31 Å². The van der Waals surface area contributed by atoms with Gasteiger partial charge in [0.25, 0.3) is 21.8 Å². The van der Waals surface area contributed by atoms with Crippen LogP contribution < -0.4 is 10.2 Å². The predicted molar refractivity (Wildman–Crippen MR) is 117 cm³/mol. The Morgan fingerprint density at radius 2 is 1.76 bits per heavy atom. The number of alkyl halides is 3. The van der Waals surface area contributed by atoms with Crippen molar-refractivity contribution in [3.63, 3.8) is 0 Å². The summed E-state index contributed by atoms with van der Waals surface area (Å²) in [5.74, 6) is -1.65. The van der Waals surface area contributed by atoms with Crippen LogP contribution in [0.3, 0.4) is 0 Å². The number of carbonyl (C=O) groups is 2. The molecule has 0 aromatic heterocycles. The highest BCUT2D eigenvalue weighted by molar-refractivity contribution is 7.90. The number of sulfonamides is 1. The largest absolute Gasteiger partial charge is 0.418 e. The molecule has 2 aromatic rings. The Bertz CT molecular complexity index is 1250. The molecular formula is C22H22F3N3O5S. The Labute approximate surface area is 194 Å². The Hall–Kier alpha value is -3.12. The van der Waals surface area contributed by atoms with Crippen molar-refractivity contribution in [3.05, 3.63) is 53.1 Å². The average molecular weight is 497 g/mol. The molecular weight excluding hydrogens is 475 g/mol. The van der Waals surface area contributed by atoms with Crippen LogP contribution in [0.4, 0.5) is 24.5 Å². The van der Waals surface area contributed by atoms with Crippen LogP contribution in [-0.4, -0.2) is 56.9 Å². The fraction of sp³-hybridized carbons (Fsp3) is 0.364. The van der Waals surface area contributed by atoms with E-state index in [1.807, 2.05) is 0 Å². The number of hydrogen-bond acceptors (Lipinski definition) is 6. The molecule has 0 saturated carbocycles. The SMILES string of the molecule is CC(C)N1C(=O)c2ccc(C(=O)Nc3ccc(N4CCOCC4)cc3C(F)(F)F)cc2S1(=O)=O. The maximum atomic E-state index is 13.8. The van der Waals surface area contributed by atoms with Gasteiger partial charge < -0.3 is 15.0 Å². The number of amides is 2. The molecule has 0 atom stereocenters. The maximum Gasteiger partial charge on any atom is 0.418 e. The van der Waals surface area contributed by atoms with Crippen molar-refractivity contribution in [2.45, 2.75) is 31.0 Å². The topological polar surface area (TPSA) is 96.0 Å². The lowest BCUT2D eigenvalue weighted by Crippen LogP contribution is -2.36. The van der Waals surface area contributed by atoms with Crippen molar-refractivity contribution < 1.29 is 35.9 Å². The molecule has 4 rings (SSSR count). The van der Waals surface area contributed by atoms with E-state index in [0.29, 0.717) is 36.3 Å². The minimum atomic E-state index is -4.74. The minimum Gasteiger partial charge on any atom is -0.378 e. The molecule has 8 nitrogen and oxygen atoms in total. The lowest BCUT2D eigenvalue weighted by Gasteiger charge is -2.29. The van der Waals surface area contributed by atoms with Crippen molar-refractivity contribution >= 4 is 33.2 Å². The summed E-state index contributed by atoms with van der Waals surface area (Å²) in [6.45, 7) is 4.76. The van der Waals surface area contributed by atoms with Crippen LogP contribution in [0.5, 0.6) is 0 Å². The second-order valence-electron chi connectivity index (χ2n) is 8.19. The molecule has 2 aliphatic heterocycles. The Balaban J connectivity index is 1.65. The van der Waals surface area contributed by atoms with Crippen molar-refractivity contribution in [1.29, 1.82) is 0 Å². The minimum absolute atomic E-state index is 0.0869. The number of nitrogens with one attached hydrogen (secondary N) is 1. The molecule has 2 amide bonds. The van der Waals surface area contributed by atoms with Crippen LogP contribution in [0.2, 0.25) is 0 Å². The standard InChI is InChI=1S/C22H22F3N3O5S/c1-13(2)28-21(30)16-5-3-14(11-19(16)34(28,31)32)20(29)26-18-6-4-15(12-17(18)22(23,24)25)27-7-9-33-10-8-27/h3-6,11-13H,7-10H2,1-2H3,(H,26,29). The van der Waals surface area contributed by atoms with Gasteiger partial charge in [0, 0.05) is 30.4 Å². The van der Waals surface area contributed by atoms with Crippen LogP contribution in [0.1, 0.15) is 40.1 Å².